The molecular formula is C24H23ClN4O2. The highest BCUT2D eigenvalue weighted by Crippen LogP contribution is 2.28. The second-order valence-electron chi connectivity index (χ2n) is 8.25. The topological polar surface area (TPSA) is 61.8 Å². The first kappa shape index (κ1) is 19.8. The molecule has 0 N–H and O–H groups in total. The van der Waals surface area contributed by atoms with E-state index in [0.717, 1.165) is 36.8 Å². The maximum absolute atomic E-state index is 13.6. The van der Waals surface area contributed by atoms with Crippen LogP contribution >= 0.6 is 11.6 Å². The number of imidazole rings is 1. The van der Waals surface area contributed by atoms with Gasteiger partial charge >= 0.3 is 5.69 Å². The molecule has 0 bridgehead atoms. The molecule has 158 valence electrons. The Morgan fingerprint density at radius 2 is 1.84 bits per heavy atom. The molecule has 2 aromatic heterocycles. The molecule has 4 aromatic rings. The zero-order valence-corrected chi connectivity index (χ0v) is 18.0. The molecule has 0 atom stereocenters. The molecular weight excluding hydrogens is 412 g/mol. The van der Waals surface area contributed by atoms with Crippen molar-refractivity contribution in [3.8, 4) is 5.69 Å². The predicted octanol–water partition coefficient (Wildman–Crippen LogP) is 4.47. The third-order valence-electron chi connectivity index (χ3n) is 6.04. The first-order valence-corrected chi connectivity index (χ1v) is 10.9. The quantitative estimate of drug-likeness (QED) is 0.476. The Labute approximate surface area is 184 Å². The standard InChI is InChI=1S/C24H23ClN4O2/c1-16-6-4-7-17(12-16)14-27-15-26-22-21(27)23(30)29(19-9-2-3-10-19)24(31)28(22)20-11-5-8-18(25)13-20/h4-8,11-13,15,19H,2-3,9-10,14H2,1H3. The van der Waals surface area contributed by atoms with Crippen LogP contribution in [0, 0.1) is 6.92 Å². The van der Waals surface area contributed by atoms with Gasteiger partial charge in [0, 0.05) is 17.6 Å². The van der Waals surface area contributed by atoms with E-state index in [4.69, 9.17) is 11.6 Å². The van der Waals surface area contributed by atoms with E-state index in [9.17, 15) is 9.59 Å². The fourth-order valence-electron chi connectivity index (χ4n) is 4.61. The van der Waals surface area contributed by atoms with Crippen molar-refractivity contribution < 1.29 is 0 Å². The molecule has 1 aliphatic rings. The summed E-state index contributed by atoms with van der Waals surface area (Å²) >= 11 is 6.21. The van der Waals surface area contributed by atoms with E-state index in [-0.39, 0.29) is 17.3 Å². The summed E-state index contributed by atoms with van der Waals surface area (Å²) in [7, 11) is 0. The van der Waals surface area contributed by atoms with Crippen LogP contribution in [0.3, 0.4) is 0 Å². The molecule has 0 radical (unpaired) electrons. The third-order valence-corrected chi connectivity index (χ3v) is 6.28. The van der Waals surface area contributed by atoms with Crippen molar-refractivity contribution in [2.45, 2.75) is 45.2 Å². The van der Waals surface area contributed by atoms with Crippen molar-refractivity contribution in [3.05, 3.63) is 91.8 Å². The minimum Gasteiger partial charge on any atom is -0.320 e. The highest BCUT2D eigenvalue weighted by atomic mass is 35.5. The van der Waals surface area contributed by atoms with Crippen LogP contribution in [-0.4, -0.2) is 18.7 Å². The van der Waals surface area contributed by atoms with E-state index in [1.807, 2.05) is 35.8 Å². The zero-order chi connectivity index (χ0) is 21.5. The van der Waals surface area contributed by atoms with Crippen molar-refractivity contribution in [3.63, 3.8) is 0 Å². The fourth-order valence-corrected chi connectivity index (χ4v) is 4.80. The van der Waals surface area contributed by atoms with E-state index in [1.165, 1.54) is 9.13 Å². The fraction of sp³-hybridized carbons (Fsp3) is 0.292. The Morgan fingerprint density at radius 1 is 1.06 bits per heavy atom. The number of halogens is 1. The van der Waals surface area contributed by atoms with Gasteiger partial charge in [-0.05, 0) is 43.5 Å². The van der Waals surface area contributed by atoms with Crippen LogP contribution in [0.15, 0.2) is 64.4 Å². The van der Waals surface area contributed by atoms with Crippen molar-refractivity contribution >= 4 is 22.8 Å². The van der Waals surface area contributed by atoms with E-state index >= 15 is 0 Å². The van der Waals surface area contributed by atoms with Crippen LogP contribution in [0.2, 0.25) is 5.02 Å². The molecule has 0 spiro atoms. The van der Waals surface area contributed by atoms with Gasteiger partial charge < -0.3 is 4.57 Å². The summed E-state index contributed by atoms with van der Waals surface area (Å²) in [5, 5.41) is 0.523. The number of hydrogen-bond acceptors (Lipinski definition) is 3. The second kappa shape index (κ2) is 7.85. The molecule has 0 amide bonds. The number of aromatic nitrogens is 4. The van der Waals surface area contributed by atoms with Gasteiger partial charge in [-0.3, -0.25) is 9.36 Å². The number of nitrogens with zero attached hydrogens (tertiary/aromatic N) is 4. The first-order valence-electron chi connectivity index (χ1n) is 10.6. The van der Waals surface area contributed by atoms with Gasteiger partial charge in [-0.2, -0.15) is 0 Å². The highest BCUT2D eigenvalue weighted by molar-refractivity contribution is 6.30. The lowest BCUT2D eigenvalue weighted by atomic mass is 10.1. The van der Waals surface area contributed by atoms with Gasteiger partial charge in [-0.15, -0.1) is 0 Å². The molecule has 0 saturated heterocycles. The van der Waals surface area contributed by atoms with Gasteiger partial charge in [0.2, 0.25) is 0 Å². The molecule has 6 nitrogen and oxygen atoms in total. The molecule has 1 fully saturated rings. The largest absolute Gasteiger partial charge is 0.337 e. The molecule has 0 unspecified atom stereocenters. The summed E-state index contributed by atoms with van der Waals surface area (Å²) < 4.78 is 4.80. The van der Waals surface area contributed by atoms with E-state index in [1.54, 1.807) is 24.5 Å². The van der Waals surface area contributed by atoms with E-state index in [2.05, 4.69) is 11.1 Å². The van der Waals surface area contributed by atoms with Crippen LogP contribution in [0.25, 0.3) is 16.9 Å². The molecule has 1 aliphatic carbocycles. The number of fused-ring (bicyclic) bond motifs is 1. The van der Waals surface area contributed by atoms with Crippen LogP contribution in [0.4, 0.5) is 0 Å². The zero-order valence-electron chi connectivity index (χ0n) is 17.3. The Bertz CT molecular complexity index is 1390. The summed E-state index contributed by atoms with van der Waals surface area (Å²) in [5.74, 6) is 0. The second-order valence-corrected chi connectivity index (χ2v) is 8.68. The minimum absolute atomic E-state index is 0.0860. The van der Waals surface area contributed by atoms with Crippen molar-refractivity contribution in [1.82, 2.24) is 18.7 Å². The van der Waals surface area contributed by atoms with E-state index < -0.39 is 0 Å². The Kier molecular flexibility index (Phi) is 5.02. The summed E-state index contributed by atoms with van der Waals surface area (Å²) in [6.07, 6.45) is 5.36. The molecule has 7 heteroatoms. The summed E-state index contributed by atoms with van der Waals surface area (Å²) in [6, 6.07) is 15.2. The summed E-state index contributed by atoms with van der Waals surface area (Å²) in [5.41, 5.74) is 3.01. The maximum atomic E-state index is 13.6. The summed E-state index contributed by atoms with van der Waals surface area (Å²) in [4.78, 5) is 31.6. The van der Waals surface area contributed by atoms with Gasteiger partial charge in [-0.1, -0.05) is 60.3 Å². The van der Waals surface area contributed by atoms with Crippen LogP contribution in [0.5, 0.6) is 0 Å². The third kappa shape index (κ3) is 3.51. The molecule has 1 saturated carbocycles. The Hall–Kier alpha value is -3.12. The van der Waals surface area contributed by atoms with Crippen LogP contribution in [0.1, 0.15) is 42.9 Å². The van der Waals surface area contributed by atoms with Crippen LogP contribution < -0.4 is 11.2 Å². The van der Waals surface area contributed by atoms with Crippen LogP contribution in [-0.2, 0) is 6.54 Å². The lowest BCUT2D eigenvalue weighted by molar-refractivity contribution is 0.474. The lowest BCUT2D eigenvalue weighted by Gasteiger charge is -2.17. The molecule has 5 rings (SSSR count). The number of benzene rings is 2. The number of aryl methyl sites for hydroxylation is 1. The lowest BCUT2D eigenvalue weighted by Crippen LogP contribution is -2.41. The van der Waals surface area contributed by atoms with E-state index in [0.29, 0.717) is 28.4 Å². The molecule has 31 heavy (non-hydrogen) atoms. The Morgan fingerprint density at radius 3 is 2.58 bits per heavy atom. The normalized spacial score (nSPS) is 14.5. The van der Waals surface area contributed by atoms with Gasteiger partial charge in [-0.25, -0.2) is 14.3 Å². The average Bonchev–Trinajstić information content (AvgIpc) is 3.39. The minimum atomic E-state index is -0.354. The van der Waals surface area contributed by atoms with Crippen molar-refractivity contribution in [2.75, 3.05) is 0 Å². The van der Waals surface area contributed by atoms with Crippen molar-refractivity contribution in [1.29, 1.82) is 0 Å². The predicted molar refractivity (Wildman–Crippen MR) is 122 cm³/mol. The molecule has 2 heterocycles. The Balaban J connectivity index is 1.79. The smallest absolute Gasteiger partial charge is 0.320 e. The first-order chi connectivity index (χ1) is 15.0. The molecule has 0 aliphatic heterocycles. The maximum Gasteiger partial charge on any atom is 0.337 e. The van der Waals surface area contributed by atoms with Gasteiger partial charge in [0.25, 0.3) is 5.56 Å². The van der Waals surface area contributed by atoms with Gasteiger partial charge in [0.05, 0.1) is 12.0 Å². The van der Waals surface area contributed by atoms with Gasteiger partial charge in [0.15, 0.2) is 11.2 Å². The monoisotopic (exact) mass is 434 g/mol. The summed E-state index contributed by atoms with van der Waals surface area (Å²) in [6.45, 7) is 2.55. The SMILES string of the molecule is Cc1cccc(Cn2cnc3c2c(=O)n(C2CCCC2)c(=O)n3-c2cccc(Cl)c2)c1. The average molecular weight is 435 g/mol. The van der Waals surface area contributed by atoms with Crippen molar-refractivity contribution in [2.24, 2.45) is 0 Å². The number of hydrogen-bond donors (Lipinski definition) is 0. The van der Waals surface area contributed by atoms with Gasteiger partial charge in [0.1, 0.15) is 0 Å². The molecule has 2 aromatic carbocycles. The number of rotatable bonds is 4. The highest BCUT2D eigenvalue weighted by Gasteiger charge is 2.26.